The standard InChI is InChI=1S/C12H8BrFN4O3S/c1-21-12-10(4-7(14)6-17-12)22(19,20)18-9-2-3-16-11(13)8(9)5-15/h2-4,6H,1H3,(H,16,18). The summed E-state index contributed by atoms with van der Waals surface area (Å²) in [4.78, 5) is 6.91. The third-order valence-corrected chi connectivity index (χ3v) is 4.49. The number of ether oxygens (including phenoxy) is 1. The Morgan fingerprint density at radius 1 is 1.45 bits per heavy atom. The van der Waals surface area contributed by atoms with Crippen molar-refractivity contribution in [3.05, 3.63) is 40.5 Å². The second kappa shape index (κ2) is 6.25. The Bertz CT molecular complexity index is 867. The number of hydrogen-bond acceptors (Lipinski definition) is 6. The molecule has 0 aliphatic carbocycles. The maximum atomic E-state index is 13.3. The van der Waals surface area contributed by atoms with Crippen LogP contribution in [0, 0.1) is 17.1 Å². The number of pyridine rings is 2. The molecule has 0 aromatic carbocycles. The van der Waals surface area contributed by atoms with Crippen LogP contribution in [0.25, 0.3) is 0 Å². The SMILES string of the molecule is COc1ncc(F)cc1S(=O)(=O)Nc1ccnc(Br)c1C#N. The summed E-state index contributed by atoms with van der Waals surface area (Å²) in [5.41, 5.74) is -0.00917. The van der Waals surface area contributed by atoms with Crippen LogP contribution in [-0.2, 0) is 10.0 Å². The average molecular weight is 387 g/mol. The van der Waals surface area contributed by atoms with Crippen LogP contribution in [0.15, 0.2) is 34.0 Å². The first kappa shape index (κ1) is 16.1. The predicted molar refractivity (Wildman–Crippen MR) is 78.2 cm³/mol. The molecule has 0 radical (unpaired) electrons. The molecule has 2 rings (SSSR count). The fraction of sp³-hybridized carbons (Fsp3) is 0.0833. The highest BCUT2D eigenvalue weighted by Crippen LogP contribution is 2.27. The second-order valence-electron chi connectivity index (χ2n) is 3.90. The smallest absolute Gasteiger partial charge is 0.267 e. The maximum Gasteiger partial charge on any atom is 0.267 e. The van der Waals surface area contributed by atoms with Crippen molar-refractivity contribution in [2.45, 2.75) is 4.90 Å². The number of nitrogens with one attached hydrogen (secondary N) is 1. The zero-order valence-electron chi connectivity index (χ0n) is 11.0. The monoisotopic (exact) mass is 386 g/mol. The first-order valence-corrected chi connectivity index (χ1v) is 7.93. The fourth-order valence-electron chi connectivity index (χ4n) is 1.58. The van der Waals surface area contributed by atoms with Gasteiger partial charge in [0.2, 0.25) is 5.88 Å². The molecule has 0 atom stereocenters. The van der Waals surface area contributed by atoms with Crippen LogP contribution in [0.2, 0.25) is 0 Å². The molecule has 0 amide bonds. The lowest BCUT2D eigenvalue weighted by atomic mass is 10.3. The summed E-state index contributed by atoms with van der Waals surface area (Å²) in [5, 5.41) is 9.06. The number of halogens is 2. The molecule has 2 aromatic rings. The Morgan fingerprint density at radius 2 is 2.18 bits per heavy atom. The Hall–Kier alpha value is -2.25. The van der Waals surface area contributed by atoms with E-state index in [4.69, 9.17) is 10.00 Å². The van der Waals surface area contributed by atoms with Crippen LogP contribution < -0.4 is 9.46 Å². The number of hydrogen-bond donors (Lipinski definition) is 1. The van der Waals surface area contributed by atoms with Gasteiger partial charge < -0.3 is 4.74 Å². The van der Waals surface area contributed by atoms with Crippen molar-refractivity contribution in [2.24, 2.45) is 0 Å². The van der Waals surface area contributed by atoms with Gasteiger partial charge >= 0.3 is 0 Å². The molecular formula is C12H8BrFN4O3S. The van der Waals surface area contributed by atoms with Gasteiger partial charge in [0, 0.05) is 12.3 Å². The van der Waals surface area contributed by atoms with Gasteiger partial charge in [0.05, 0.1) is 19.0 Å². The number of nitriles is 1. The lowest BCUT2D eigenvalue weighted by molar-refractivity contribution is 0.382. The molecular weight excluding hydrogens is 379 g/mol. The Kier molecular flexibility index (Phi) is 4.58. The van der Waals surface area contributed by atoms with E-state index in [1.54, 1.807) is 0 Å². The van der Waals surface area contributed by atoms with E-state index in [0.29, 0.717) is 0 Å². The summed E-state index contributed by atoms with van der Waals surface area (Å²) >= 11 is 3.05. The van der Waals surface area contributed by atoms with Gasteiger partial charge in [-0.05, 0) is 22.0 Å². The molecule has 10 heteroatoms. The van der Waals surface area contributed by atoms with Gasteiger partial charge in [-0.2, -0.15) is 5.26 Å². The normalized spacial score (nSPS) is 10.8. The van der Waals surface area contributed by atoms with Crippen molar-refractivity contribution in [3.8, 4) is 11.9 Å². The van der Waals surface area contributed by atoms with Crippen molar-refractivity contribution in [1.82, 2.24) is 9.97 Å². The lowest BCUT2D eigenvalue weighted by Crippen LogP contribution is -2.16. The lowest BCUT2D eigenvalue weighted by Gasteiger charge is -2.12. The molecule has 0 aliphatic heterocycles. The van der Waals surface area contributed by atoms with Crippen LogP contribution in [0.3, 0.4) is 0 Å². The minimum absolute atomic E-state index is 0.00399. The van der Waals surface area contributed by atoms with Crippen molar-refractivity contribution in [1.29, 1.82) is 5.26 Å². The highest BCUT2D eigenvalue weighted by atomic mass is 79.9. The van der Waals surface area contributed by atoms with E-state index in [9.17, 15) is 12.8 Å². The molecule has 0 unspecified atom stereocenters. The molecule has 0 fully saturated rings. The van der Waals surface area contributed by atoms with Crippen molar-refractivity contribution < 1.29 is 17.5 Å². The van der Waals surface area contributed by atoms with Gasteiger partial charge in [-0.25, -0.2) is 22.8 Å². The zero-order chi connectivity index (χ0) is 16.3. The topological polar surface area (TPSA) is 105 Å². The third-order valence-electron chi connectivity index (χ3n) is 2.53. The molecule has 0 aliphatic rings. The number of methoxy groups -OCH3 is 1. The first-order valence-electron chi connectivity index (χ1n) is 5.66. The fourth-order valence-corrected chi connectivity index (χ4v) is 3.21. The molecule has 0 bridgehead atoms. The largest absolute Gasteiger partial charge is 0.480 e. The molecule has 114 valence electrons. The van der Waals surface area contributed by atoms with Crippen LogP contribution in [0.1, 0.15) is 5.56 Å². The number of anilines is 1. The highest BCUT2D eigenvalue weighted by Gasteiger charge is 2.23. The summed E-state index contributed by atoms with van der Waals surface area (Å²) in [6.45, 7) is 0. The van der Waals surface area contributed by atoms with Crippen molar-refractivity contribution in [3.63, 3.8) is 0 Å². The van der Waals surface area contributed by atoms with E-state index < -0.39 is 20.7 Å². The zero-order valence-corrected chi connectivity index (χ0v) is 13.4. The van der Waals surface area contributed by atoms with Crippen LogP contribution in [-0.4, -0.2) is 25.5 Å². The number of aromatic nitrogens is 2. The van der Waals surface area contributed by atoms with Crippen molar-refractivity contribution >= 4 is 31.6 Å². The van der Waals surface area contributed by atoms with Crippen LogP contribution >= 0.6 is 15.9 Å². The molecule has 7 nitrogen and oxygen atoms in total. The quantitative estimate of drug-likeness (QED) is 0.806. The average Bonchev–Trinajstić information content (AvgIpc) is 2.47. The van der Waals surface area contributed by atoms with Gasteiger partial charge in [-0.15, -0.1) is 0 Å². The highest BCUT2D eigenvalue weighted by molar-refractivity contribution is 9.10. The van der Waals surface area contributed by atoms with E-state index in [0.717, 1.165) is 12.3 Å². The molecule has 2 aromatic heterocycles. The third kappa shape index (κ3) is 3.15. The Labute approximate surface area is 134 Å². The van der Waals surface area contributed by atoms with E-state index in [2.05, 4.69) is 30.6 Å². The molecule has 22 heavy (non-hydrogen) atoms. The maximum absolute atomic E-state index is 13.3. The first-order chi connectivity index (χ1) is 10.4. The minimum Gasteiger partial charge on any atom is -0.480 e. The van der Waals surface area contributed by atoms with Gasteiger partial charge in [0.1, 0.15) is 22.1 Å². The minimum atomic E-state index is -4.21. The number of rotatable bonds is 4. The van der Waals surface area contributed by atoms with E-state index in [1.807, 2.05) is 6.07 Å². The summed E-state index contributed by atoms with van der Waals surface area (Å²) in [7, 11) is -2.99. The number of nitrogens with zero attached hydrogens (tertiary/aromatic N) is 3. The second-order valence-corrected chi connectivity index (χ2v) is 6.30. The van der Waals surface area contributed by atoms with Crippen LogP contribution in [0.4, 0.5) is 10.1 Å². The summed E-state index contributed by atoms with van der Waals surface area (Å²) < 4.78 is 45.2. The molecule has 0 saturated carbocycles. The summed E-state index contributed by atoms with van der Waals surface area (Å²) in [6, 6.07) is 3.90. The Morgan fingerprint density at radius 3 is 2.82 bits per heavy atom. The van der Waals surface area contributed by atoms with E-state index in [-0.39, 0.29) is 21.7 Å². The van der Waals surface area contributed by atoms with Crippen molar-refractivity contribution in [2.75, 3.05) is 11.8 Å². The van der Waals surface area contributed by atoms with E-state index in [1.165, 1.54) is 19.4 Å². The summed E-state index contributed by atoms with van der Waals surface area (Å²) in [6.07, 6.45) is 2.14. The molecule has 0 saturated heterocycles. The molecule has 0 spiro atoms. The van der Waals surface area contributed by atoms with E-state index >= 15 is 0 Å². The summed E-state index contributed by atoms with van der Waals surface area (Å²) in [5.74, 6) is -1.10. The predicted octanol–water partition coefficient (Wildman–Crippen LogP) is 2.06. The number of sulfonamides is 1. The van der Waals surface area contributed by atoms with Crippen LogP contribution in [0.5, 0.6) is 5.88 Å². The van der Waals surface area contributed by atoms with Gasteiger partial charge in [-0.3, -0.25) is 4.72 Å². The Balaban J connectivity index is 2.52. The van der Waals surface area contributed by atoms with Gasteiger partial charge in [0.15, 0.2) is 4.90 Å². The molecule has 2 heterocycles. The van der Waals surface area contributed by atoms with Gasteiger partial charge in [-0.1, -0.05) is 0 Å². The molecule has 1 N–H and O–H groups in total. The van der Waals surface area contributed by atoms with Gasteiger partial charge in [0.25, 0.3) is 10.0 Å².